The van der Waals surface area contributed by atoms with Crippen LogP contribution in [-0.4, -0.2) is 36.3 Å². The predicted molar refractivity (Wildman–Crippen MR) is 72.2 cm³/mol. The Morgan fingerprint density at radius 3 is 2.25 bits per heavy atom. The molecular weight excluding hydrogens is 258 g/mol. The fourth-order valence-electron chi connectivity index (χ4n) is 2.27. The van der Waals surface area contributed by atoms with Gasteiger partial charge in [0.1, 0.15) is 0 Å². The first-order valence-corrected chi connectivity index (χ1v) is 6.56. The zero-order valence-electron chi connectivity index (χ0n) is 11.6. The Balaban J connectivity index is 2.00. The second-order valence-electron chi connectivity index (χ2n) is 4.99. The third kappa shape index (κ3) is 2.71. The molecule has 2 rings (SSSR count). The van der Waals surface area contributed by atoms with E-state index in [1.54, 1.807) is 24.3 Å². The molecule has 0 N–H and O–H groups in total. The van der Waals surface area contributed by atoms with E-state index in [0.717, 1.165) is 0 Å². The molecule has 2 amide bonds. The highest BCUT2D eigenvalue weighted by molar-refractivity contribution is 6.21. The van der Waals surface area contributed by atoms with E-state index in [-0.39, 0.29) is 23.7 Å². The molecule has 0 spiro atoms. The number of fused-ring (bicyclic) bond motifs is 1. The summed E-state index contributed by atoms with van der Waals surface area (Å²) in [4.78, 5) is 36.6. The maximum absolute atomic E-state index is 12.2. The maximum atomic E-state index is 12.2. The molecular formula is C15H17NO4. The number of nitrogens with zero attached hydrogens (tertiary/aromatic N) is 1. The Morgan fingerprint density at radius 2 is 1.75 bits per heavy atom. The lowest BCUT2D eigenvalue weighted by Crippen LogP contribution is -2.34. The molecule has 1 aromatic carbocycles. The van der Waals surface area contributed by atoms with Crippen molar-refractivity contribution in [2.75, 3.05) is 13.7 Å². The topological polar surface area (TPSA) is 63.7 Å². The van der Waals surface area contributed by atoms with Gasteiger partial charge in [0.05, 0.1) is 18.2 Å². The third-order valence-electron chi connectivity index (χ3n) is 3.44. The van der Waals surface area contributed by atoms with Crippen LogP contribution in [-0.2, 0) is 9.53 Å². The van der Waals surface area contributed by atoms with Crippen LogP contribution in [0.15, 0.2) is 24.3 Å². The van der Waals surface area contributed by atoms with Crippen molar-refractivity contribution in [3.05, 3.63) is 35.4 Å². The Morgan fingerprint density at radius 1 is 1.20 bits per heavy atom. The normalized spacial score (nSPS) is 15.2. The molecule has 5 heteroatoms. The number of benzene rings is 1. The Kier molecular flexibility index (Phi) is 4.17. The summed E-state index contributed by atoms with van der Waals surface area (Å²) in [7, 11) is 1.34. The van der Waals surface area contributed by atoms with E-state index < -0.39 is 0 Å². The second kappa shape index (κ2) is 5.86. The van der Waals surface area contributed by atoms with Gasteiger partial charge in [-0.25, -0.2) is 0 Å². The first-order chi connectivity index (χ1) is 9.54. The van der Waals surface area contributed by atoms with Crippen LogP contribution in [0.4, 0.5) is 0 Å². The Bertz CT molecular complexity index is 518. The summed E-state index contributed by atoms with van der Waals surface area (Å²) in [5.74, 6) is -0.735. The van der Waals surface area contributed by atoms with E-state index in [0.29, 0.717) is 30.5 Å². The van der Waals surface area contributed by atoms with Crippen LogP contribution >= 0.6 is 0 Å². The molecule has 0 saturated heterocycles. The molecule has 0 aromatic heterocycles. The summed E-state index contributed by atoms with van der Waals surface area (Å²) in [6, 6.07) is 6.81. The molecule has 0 aliphatic carbocycles. The van der Waals surface area contributed by atoms with Crippen LogP contribution < -0.4 is 0 Å². The van der Waals surface area contributed by atoms with E-state index in [1.165, 1.54) is 12.0 Å². The third-order valence-corrected chi connectivity index (χ3v) is 3.44. The first-order valence-electron chi connectivity index (χ1n) is 6.56. The smallest absolute Gasteiger partial charge is 0.305 e. The van der Waals surface area contributed by atoms with Crippen LogP contribution in [0.25, 0.3) is 0 Å². The standard InChI is InChI=1S/C15H17NO4/c1-10(7-8-13(17)20-2)9-16-14(18)11-5-3-4-6-12(11)15(16)19/h3-6,10H,7-9H2,1-2H3/t10-/m0/s1. The van der Waals surface area contributed by atoms with E-state index in [4.69, 9.17) is 0 Å². The number of carbonyl (C=O) groups excluding carboxylic acids is 3. The van der Waals surface area contributed by atoms with Crippen molar-refractivity contribution in [3.63, 3.8) is 0 Å². The van der Waals surface area contributed by atoms with Gasteiger partial charge in [0.15, 0.2) is 0 Å². The van der Waals surface area contributed by atoms with Crippen LogP contribution in [0.3, 0.4) is 0 Å². The molecule has 1 atom stereocenters. The molecule has 5 nitrogen and oxygen atoms in total. The van der Waals surface area contributed by atoms with E-state index in [2.05, 4.69) is 4.74 Å². The highest BCUT2D eigenvalue weighted by Gasteiger charge is 2.35. The lowest BCUT2D eigenvalue weighted by atomic mass is 10.1. The van der Waals surface area contributed by atoms with Crippen molar-refractivity contribution >= 4 is 17.8 Å². The monoisotopic (exact) mass is 275 g/mol. The van der Waals surface area contributed by atoms with E-state index in [1.807, 2.05) is 6.92 Å². The van der Waals surface area contributed by atoms with Gasteiger partial charge >= 0.3 is 5.97 Å². The quantitative estimate of drug-likeness (QED) is 0.608. The maximum Gasteiger partial charge on any atom is 0.305 e. The number of esters is 1. The zero-order chi connectivity index (χ0) is 14.7. The summed E-state index contributed by atoms with van der Waals surface area (Å²) in [5, 5.41) is 0. The summed E-state index contributed by atoms with van der Waals surface area (Å²) in [5.41, 5.74) is 0.912. The van der Waals surface area contributed by atoms with Crippen LogP contribution in [0, 0.1) is 5.92 Å². The van der Waals surface area contributed by atoms with E-state index in [9.17, 15) is 14.4 Å². The fourth-order valence-corrected chi connectivity index (χ4v) is 2.27. The molecule has 106 valence electrons. The number of ether oxygens (including phenoxy) is 1. The number of hydrogen-bond acceptors (Lipinski definition) is 4. The molecule has 0 saturated carbocycles. The van der Waals surface area contributed by atoms with Crippen molar-refractivity contribution in [1.29, 1.82) is 0 Å². The Hall–Kier alpha value is -2.17. The fraction of sp³-hybridized carbons (Fsp3) is 0.400. The van der Waals surface area contributed by atoms with Crippen molar-refractivity contribution < 1.29 is 19.1 Å². The minimum Gasteiger partial charge on any atom is -0.469 e. The molecule has 1 heterocycles. The Labute approximate surface area is 117 Å². The second-order valence-corrected chi connectivity index (χ2v) is 4.99. The lowest BCUT2D eigenvalue weighted by molar-refractivity contribution is -0.140. The number of carbonyl (C=O) groups is 3. The highest BCUT2D eigenvalue weighted by atomic mass is 16.5. The van der Waals surface area contributed by atoms with Gasteiger partial charge in [0, 0.05) is 13.0 Å². The molecule has 1 aromatic rings. The van der Waals surface area contributed by atoms with Crippen molar-refractivity contribution in [2.24, 2.45) is 5.92 Å². The molecule has 20 heavy (non-hydrogen) atoms. The zero-order valence-corrected chi connectivity index (χ0v) is 11.6. The van der Waals surface area contributed by atoms with Crippen molar-refractivity contribution in [1.82, 2.24) is 4.90 Å². The minimum atomic E-state index is -0.279. The molecule has 0 radical (unpaired) electrons. The summed E-state index contributed by atoms with van der Waals surface area (Å²) in [6.07, 6.45) is 0.876. The predicted octanol–water partition coefficient (Wildman–Crippen LogP) is 1.87. The number of hydrogen-bond donors (Lipinski definition) is 0. The summed E-state index contributed by atoms with van der Waals surface area (Å²) < 4.78 is 4.58. The van der Waals surface area contributed by atoms with Crippen LogP contribution in [0.2, 0.25) is 0 Å². The molecule has 0 unspecified atom stereocenters. The van der Waals surface area contributed by atoms with Crippen LogP contribution in [0.5, 0.6) is 0 Å². The average molecular weight is 275 g/mol. The average Bonchev–Trinajstić information content (AvgIpc) is 2.70. The largest absolute Gasteiger partial charge is 0.469 e. The van der Waals surface area contributed by atoms with Gasteiger partial charge in [0.2, 0.25) is 0 Å². The van der Waals surface area contributed by atoms with Gasteiger partial charge in [0.25, 0.3) is 11.8 Å². The highest BCUT2D eigenvalue weighted by Crippen LogP contribution is 2.24. The van der Waals surface area contributed by atoms with Gasteiger partial charge in [-0.1, -0.05) is 19.1 Å². The van der Waals surface area contributed by atoms with Gasteiger partial charge in [-0.15, -0.1) is 0 Å². The SMILES string of the molecule is COC(=O)CC[C@H](C)CN1C(=O)c2ccccc2C1=O. The van der Waals surface area contributed by atoms with Crippen molar-refractivity contribution in [3.8, 4) is 0 Å². The molecule has 0 bridgehead atoms. The first kappa shape index (κ1) is 14.2. The van der Waals surface area contributed by atoms with Gasteiger partial charge in [-0.05, 0) is 24.5 Å². The van der Waals surface area contributed by atoms with Crippen LogP contribution in [0.1, 0.15) is 40.5 Å². The van der Waals surface area contributed by atoms with Gasteiger partial charge in [-0.3, -0.25) is 19.3 Å². The number of imide groups is 1. The number of methoxy groups -OCH3 is 1. The lowest BCUT2D eigenvalue weighted by Gasteiger charge is -2.18. The minimum absolute atomic E-state index is 0.0521. The molecule has 0 fully saturated rings. The molecule has 1 aliphatic heterocycles. The number of rotatable bonds is 5. The van der Waals surface area contributed by atoms with Gasteiger partial charge in [-0.2, -0.15) is 0 Å². The molecule has 1 aliphatic rings. The summed E-state index contributed by atoms with van der Waals surface area (Å²) >= 11 is 0. The van der Waals surface area contributed by atoms with Crippen molar-refractivity contribution in [2.45, 2.75) is 19.8 Å². The number of amides is 2. The van der Waals surface area contributed by atoms with E-state index >= 15 is 0 Å². The van der Waals surface area contributed by atoms with Gasteiger partial charge < -0.3 is 4.74 Å². The summed E-state index contributed by atoms with van der Waals surface area (Å²) in [6.45, 7) is 2.23.